The maximum absolute atomic E-state index is 12.7. The molecule has 0 spiro atoms. The van der Waals surface area contributed by atoms with Crippen LogP contribution in [0.25, 0.3) is 0 Å². The van der Waals surface area contributed by atoms with Crippen molar-refractivity contribution in [1.82, 2.24) is 4.90 Å². The second-order valence-corrected chi connectivity index (χ2v) is 6.26. The normalized spacial score (nSPS) is 15.2. The van der Waals surface area contributed by atoms with Gasteiger partial charge >= 0.3 is 0 Å². The van der Waals surface area contributed by atoms with Crippen LogP contribution in [0.5, 0.6) is 11.5 Å². The van der Waals surface area contributed by atoms with Gasteiger partial charge in [0.15, 0.2) is 0 Å². The molecule has 0 aliphatic carbocycles. The molecule has 0 saturated carbocycles. The molecule has 1 unspecified atom stereocenters. The summed E-state index contributed by atoms with van der Waals surface area (Å²) >= 11 is 0. The van der Waals surface area contributed by atoms with Gasteiger partial charge in [0.25, 0.3) is 0 Å². The van der Waals surface area contributed by atoms with Gasteiger partial charge in [-0.3, -0.25) is 9.69 Å². The first-order chi connectivity index (χ1) is 12.1. The summed E-state index contributed by atoms with van der Waals surface area (Å²) in [6, 6.07) is 13.6. The molecule has 0 bridgehead atoms. The van der Waals surface area contributed by atoms with Gasteiger partial charge in [0.2, 0.25) is 5.91 Å². The molecule has 0 fully saturated rings. The zero-order valence-corrected chi connectivity index (χ0v) is 14.9. The first-order valence-electron chi connectivity index (χ1n) is 8.45. The number of rotatable bonds is 5. The highest BCUT2D eigenvalue weighted by molar-refractivity contribution is 5.95. The van der Waals surface area contributed by atoms with Crippen molar-refractivity contribution < 1.29 is 14.3 Å². The van der Waals surface area contributed by atoms with E-state index >= 15 is 0 Å². The molecule has 0 radical (unpaired) electrons. The third kappa shape index (κ3) is 3.94. The summed E-state index contributed by atoms with van der Waals surface area (Å²) < 4.78 is 10.5. The molecule has 1 aliphatic heterocycles. The number of anilines is 1. The minimum absolute atomic E-state index is 0.0327. The van der Waals surface area contributed by atoms with Gasteiger partial charge in [0.05, 0.1) is 20.3 Å². The highest BCUT2D eigenvalue weighted by Crippen LogP contribution is 2.26. The van der Waals surface area contributed by atoms with Crippen molar-refractivity contribution >= 4 is 11.6 Å². The van der Waals surface area contributed by atoms with Crippen molar-refractivity contribution in [2.24, 2.45) is 0 Å². The Morgan fingerprint density at radius 1 is 1.08 bits per heavy atom. The number of carbonyl (C=O) groups excluding carboxylic acids is 1. The Hall–Kier alpha value is -2.53. The van der Waals surface area contributed by atoms with Crippen molar-refractivity contribution in [3.63, 3.8) is 0 Å². The molecule has 1 heterocycles. The maximum Gasteiger partial charge on any atom is 0.241 e. The standard InChI is InChI=1S/C20H24N2O3/c1-14(22-9-8-15-6-4-5-7-16(15)13-22)20(23)21-17-10-18(24-2)12-19(11-17)25-3/h4-7,10-12,14H,8-9,13H2,1-3H3,(H,21,23). The third-order valence-corrected chi connectivity index (χ3v) is 4.71. The molecule has 0 saturated heterocycles. The number of fused-ring (bicyclic) bond motifs is 1. The molecule has 1 N–H and O–H groups in total. The van der Waals surface area contributed by atoms with Crippen molar-refractivity contribution in [3.05, 3.63) is 53.6 Å². The van der Waals surface area contributed by atoms with Gasteiger partial charge in [-0.15, -0.1) is 0 Å². The SMILES string of the molecule is COc1cc(NC(=O)C(C)N2CCc3ccccc3C2)cc(OC)c1. The van der Waals surface area contributed by atoms with E-state index in [1.54, 1.807) is 32.4 Å². The van der Waals surface area contributed by atoms with Crippen LogP contribution in [-0.4, -0.2) is 37.6 Å². The second kappa shape index (κ2) is 7.57. The Kier molecular flexibility index (Phi) is 5.24. The number of hydrogen-bond donors (Lipinski definition) is 1. The largest absolute Gasteiger partial charge is 0.497 e. The number of amides is 1. The zero-order valence-electron chi connectivity index (χ0n) is 14.9. The highest BCUT2D eigenvalue weighted by atomic mass is 16.5. The quantitative estimate of drug-likeness (QED) is 0.909. The van der Waals surface area contributed by atoms with E-state index in [-0.39, 0.29) is 11.9 Å². The van der Waals surface area contributed by atoms with E-state index < -0.39 is 0 Å². The summed E-state index contributed by atoms with van der Waals surface area (Å²) in [5.41, 5.74) is 3.35. The van der Waals surface area contributed by atoms with Crippen LogP contribution in [0.15, 0.2) is 42.5 Å². The van der Waals surface area contributed by atoms with Crippen LogP contribution < -0.4 is 14.8 Å². The molecule has 2 aromatic rings. The number of nitrogens with zero attached hydrogens (tertiary/aromatic N) is 1. The summed E-state index contributed by atoms with van der Waals surface area (Å²) in [5, 5.41) is 2.97. The van der Waals surface area contributed by atoms with E-state index in [9.17, 15) is 4.79 Å². The summed E-state index contributed by atoms with van der Waals surface area (Å²) in [4.78, 5) is 14.9. The number of nitrogens with one attached hydrogen (secondary N) is 1. The predicted octanol–water partition coefficient (Wildman–Crippen LogP) is 3.09. The minimum Gasteiger partial charge on any atom is -0.497 e. The topological polar surface area (TPSA) is 50.8 Å². The van der Waals surface area contributed by atoms with Crippen LogP contribution in [0.4, 0.5) is 5.69 Å². The van der Waals surface area contributed by atoms with Gasteiger partial charge in [0, 0.05) is 37.0 Å². The van der Waals surface area contributed by atoms with Crippen molar-refractivity contribution in [3.8, 4) is 11.5 Å². The van der Waals surface area contributed by atoms with Gasteiger partial charge in [-0.2, -0.15) is 0 Å². The molecule has 1 amide bonds. The van der Waals surface area contributed by atoms with Gasteiger partial charge in [0.1, 0.15) is 11.5 Å². The molecule has 1 aliphatic rings. The Morgan fingerprint density at radius 2 is 1.72 bits per heavy atom. The maximum atomic E-state index is 12.7. The fourth-order valence-electron chi connectivity index (χ4n) is 3.14. The van der Waals surface area contributed by atoms with E-state index in [0.717, 1.165) is 19.5 Å². The first kappa shape index (κ1) is 17.3. The fraction of sp³-hybridized carbons (Fsp3) is 0.350. The van der Waals surface area contributed by atoms with E-state index in [4.69, 9.17) is 9.47 Å². The van der Waals surface area contributed by atoms with Gasteiger partial charge in [-0.1, -0.05) is 24.3 Å². The summed E-state index contributed by atoms with van der Waals surface area (Å²) in [5.74, 6) is 1.26. The van der Waals surface area contributed by atoms with Crippen LogP contribution in [-0.2, 0) is 17.8 Å². The number of carbonyl (C=O) groups is 1. The number of methoxy groups -OCH3 is 2. The van der Waals surface area contributed by atoms with E-state index in [0.29, 0.717) is 17.2 Å². The smallest absolute Gasteiger partial charge is 0.241 e. The molecule has 1 atom stereocenters. The highest BCUT2D eigenvalue weighted by Gasteiger charge is 2.25. The molecular weight excluding hydrogens is 316 g/mol. The van der Waals surface area contributed by atoms with E-state index in [1.807, 2.05) is 6.92 Å². The van der Waals surface area contributed by atoms with Crippen molar-refractivity contribution in [1.29, 1.82) is 0 Å². The molecule has 5 nitrogen and oxygen atoms in total. The zero-order chi connectivity index (χ0) is 17.8. The minimum atomic E-state index is -0.217. The lowest BCUT2D eigenvalue weighted by atomic mass is 9.99. The molecule has 2 aromatic carbocycles. The van der Waals surface area contributed by atoms with Crippen LogP contribution in [0.3, 0.4) is 0 Å². The molecule has 132 valence electrons. The molecule has 3 rings (SSSR count). The van der Waals surface area contributed by atoms with Gasteiger partial charge < -0.3 is 14.8 Å². The molecular formula is C20H24N2O3. The monoisotopic (exact) mass is 340 g/mol. The van der Waals surface area contributed by atoms with E-state index in [2.05, 4.69) is 34.5 Å². The summed E-state index contributed by atoms with van der Waals surface area (Å²) in [6.45, 7) is 3.62. The summed E-state index contributed by atoms with van der Waals surface area (Å²) in [7, 11) is 3.18. The Labute approximate surface area is 148 Å². The average molecular weight is 340 g/mol. The van der Waals surface area contributed by atoms with Crippen molar-refractivity contribution in [2.45, 2.75) is 25.9 Å². The fourth-order valence-corrected chi connectivity index (χ4v) is 3.14. The molecule has 0 aromatic heterocycles. The number of hydrogen-bond acceptors (Lipinski definition) is 4. The van der Waals surface area contributed by atoms with Crippen LogP contribution in [0.1, 0.15) is 18.1 Å². The number of benzene rings is 2. The molecule has 25 heavy (non-hydrogen) atoms. The van der Waals surface area contributed by atoms with Gasteiger partial charge in [-0.05, 0) is 24.5 Å². The van der Waals surface area contributed by atoms with Crippen LogP contribution in [0.2, 0.25) is 0 Å². The van der Waals surface area contributed by atoms with Crippen LogP contribution in [0, 0.1) is 0 Å². The second-order valence-electron chi connectivity index (χ2n) is 6.26. The Morgan fingerprint density at radius 3 is 2.36 bits per heavy atom. The lowest BCUT2D eigenvalue weighted by Gasteiger charge is -2.32. The summed E-state index contributed by atoms with van der Waals surface area (Å²) in [6.07, 6.45) is 0.973. The van der Waals surface area contributed by atoms with Crippen molar-refractivity contribution in [2.75, 3.05) is 26.1 Å². The van der Waals surface area contributed by atoms with Gasteiger partial charge in [-0.25, -0.2) is 0 Å². The number of ether oxygens (including phenoxy) is 2. The lowest BCUT2D eigenvalue weighted by Crippen LogP contribution is -2.44. The Bertz CT molecular complexity index is 738. The Balaban J connectivity index is 1.69. The van der Waals surface area contributed by atoms with E-state index in [1.165, 1.54) is 11.1 Å². The average Bonchev–Trinajstić information content (AvgIpc) is 2.66. The van der Waals surface area contributed by atoms with Crippen LogP contribution >= 0.6 is 0 Å². The third-order valence-electron chi connectivity index (χ3n) is 4.71. The molecule has 5 heteroatoms. The first-order valence-corrected chi connectivity index (χ1v) is 8.45. The predicted molar refractivity (Wildman–Crippen MR) is 98.2 cm³/mol. The lowest BCUT2D eigenvalue weighted by molar-refractivity contribution is -0.121.